The van der Waals surface area contributed by atoms with Gasteiger partial charge in [0.15, 0.2) is 0 Å². The molecule has 0 aliphatic carbocycles. The summed E-state index contributed by atoms with van der Waals surface area (Å²) in [5, 5.41) is 11.4. The van der Waals surface area contributed by atoms with E-state index in [0.717, 1.165) is 0 Å². The molecule has 0 fully saturated rings. The van der Waals surface area contributed by atoms with Gasteiger partial charge in [0.1, 0.15) is 22.2 Å². The van der Waals surface area contributed by atoms with Crippen molar-refractivity contribution in [3.05, 3.63) is 63.6 Å². The Morgan fingerprint density at radius 3 is 2.78 bits per heavy atom. The number of carboxylic acids is 1. The first-order valence-corrected chi connectivity index (χ1v) is 9.21. The first-order chi connectivity index (χ1) is 13.0. The van der Waals surface area contributed by atoms with Crippen LogP contribution < -0.4 is 5.56 Å². The standard InChI is InChI=1S/C19H16N2O5S/c1-10(2)16-20-17-15(12(9-27-17)13-4-3-7-25-13)18(22)21(16)8-11-5-6-14(26-11)19(23)24/h3-7,9-10H,8H2,1-2H3,(H,23,24). The van der Waals surface area contributed by atoms with E-state index in [-0.39, 0.29) is 23.8 Å². The topological polar surface area (TPSA) is 98.5 Å². The first kappa shape index (κ1) is 17.3. The zero-order valence-corrected chi connectivity index (χ0v) is 15.4. The number of hydrogen-bond donors (Lipinski definition) is 1. The summed E-state index contributed by atoms with van der Waals surface area (Å²) in [4.78, 5) is 29.7. The van der Waals surface area contributed by atoms with Crippen molar-refractivity contribution in [2.24, 2.45) is 0 Å². The number of nitrogens with zero attached hydrogens (tertiary/aromatic N) is 2. The van der Waals surface area contributed by atoms with Crippen LogP contribution in [0.25, 0.3) is 21.5 Å². The van der Waals surface area contributed by atoms with Gasteiger partial charge in [-0.15, -0.1) is 11.3 Å². The summed E-state index contributed by atoms with van der Waals surface area (Å²) in [5.74, 6) is 0.301. The van der Waals surface area contributed by atoms with E-state index < -0.39 is 5.97 Å². The second kappa shape index (κ2) is 6.55. The maximum atomic E-state index is 13.3. The SMILES string of the molecule is CC(C)c1nc2scc(-c3ccco3)c2c(=O)n1Cc1ccc(C(=O)O)o1. The predicted octanol–water partition coefficient (Wildman–Crippen LogP) is 4.18. The normalized spacial score (nSPS) is 11.5. The lowest BCUT2D eigenvalue weighted by atomic mass is 10.1. The van der Waals surface area contributed by atoms with E-state index >= 15 is 0 Å². The summed E-state index contributed by atoms with van der Waals surface area (Å²) in [6, 6.07) is 6.50. The molecule has 0 bridgehead atoms. The quantitative estimate of drug-likeness (QED) is 0.554. The van der Waals surface area contributed by atoms with E-state index in [1.807, 2.05) is 19.2 Å². The number of fused-ring (bicyclic) bond motifs is 1. The molecule has 0 unspecified atom stereocenters. The molecule has 4 heterocycles. The molecule has 4 rings (SSSR count). The van der Waals surface area contributed by atoms with Gasteiger partial charge in [-0.05, 0) is 24.3 Å². The molecular weight excluding hydrogens is 368 g/mol. The molecule has 4 aromatic rings. The van der Waals surface area contributed by atoms with Crippen molar-refractivity contribution in [3.63, 3.8) is 0 Å². The van der Waals surface area contributed by atoms with Crippen LogP contribution in [0, 0.1) is 0 Å². The highest BCUT2D eigenvalue weighted by atomic mass is 32.1. The number of carboxylic acid groups (broad SMARTS) is 1. The Kier molecular flexibility index (Phi) is 4.19. The average molecular weight is 384 g/mol. The van der Waals surface area contributed by atoms with Crippen LogP contribution in [0.4, 0.5) is 0 Å². The zero-order valence-electron chi connectivity index (χ0n) is 14.6. The monoisotopic (exact) mass is 384 g/mol. The van der Waals surface area contributed by atoms with E-state index in [4.69, 9.17) is 13.9 Å². The van der Waals surface area contributed by atoms with Crippen molar-refractivity contribution in [1.29, 1.82) is 0 Å². The van der Waals surface area contributed by atoms with Crippen molar-refractivity contribution in [2.45, 2.75) is 26.3 Å². The third kappa shape index (κ3) is 2.97. The molecule has 0 saturated heterocycles. The van der Waals surface area contributed by atoms with E-state index in [1.165, 1.54) is 22.0 Å². The fourth-order valence-electron chi connectivity index (χ4n) is 2.98. The van der Waals surface area contributed by atoms with Gasteiger partial charge in [0.2, 0.25) is 5.76 Å². The number of aromatic nitrogens is 2. The minimum Gasteiger partial charge on any atom is -0.475 e. The summed E-state index contributed by atoms with van der Waals surface area (Å²) < 4.78 is 12.3. The third-order valence-corrected chi connectivity index (χ3v) is 5.08. The second-order valence-electron chi connectivity index (χ2n) is 6.39. The summed E-state index contributed by atoms with van der Waals surface area (Å²) in [6.07, 6.45) is 1.56. The van der Waals surface area contributed by atoms with Crippen molar-refractivity contribution >= 4 is 27.5 Å². The van der Waals surface area contributed by atoms with Gasteiger partial charge >= 0.3 is 5.97 Å². The summed E-state index contributed by atoms with van der Waals surface area (Å²) in [7, 11) is 0. The molecule has 0 aliphatic heterocycles. The molecule has 0 aromatic carbocycles. The molecule has 27 heavy (non-hydrogen) atoms. The molecule has 0 atom stereocenters. The van der Waals surface area contributed by atoms with Crippen LogP contribution in [-0.2, 0) is 6.54 Å². The van der Waals surface area contributed by atoms with E-state index in [1.54, 1.807) is 24.5 Å². The highest BCUT2D eigenvalue weighted by molar-refractivity contribution is 7.17. The molecule has 0 aliphatic rings. The Balaban J connectivity index is 1.90. The largest absolute Gasteiger partial charge is 0.475 e. The van der Waals surface area contributed by atoms with Crippen molar-refractivity contribution in [3.8, 4) is 11.3 Å². The lowest BCUT2D eigenvalue weighted by molar-refractivity contribution is 0.0660. The number of furan rings is 2. The van der Waals surface area contributed by atoms with Gasteiger partial charge in [0.25, 0.3) is 5.56 Å². The third-order valence-electron chi connectivity index (χ3n) is 4.21. The molecule has 138 valence electrons. The second-order valence-corrected chi connectivity index (χ2v) is 7.25. The van der Waals surface area contributed by atoms with E-state index in [0.29, 0.717) is 33.1 Å². The Morgan fingerprint density at radius 1 is 1.33 bits per heavy atom. The van der Waals surface area contributed by atoms with Crippen LogP contribution in [0.2, 0.25) is 0 Å². The molecular formula is C19H16N2O5S. The Hall–Kier alpha value is -3.13. The van der Waals surface area contributed by atoms with Crippen LogP contribution in [0.5, 0.6) is 0 Å². The summed E-state index contributed by atoms with van der Waals surface area (Å²) in [6.45, 7) is 4.02. The molecule has 0 spiro atoms. The smallest absolute Gasteiger partial charge is 0.371 e. The van der Waals surface area contributed by atoms with Crippen molar-refractivity contribution in [1.82, 2.24) is 9.55 Å². The number of carbonyl (C=O) groups is 1. The predicted molar refractivity (Wildman–Crippen MR) is 100 cm³/mol. The first-order valence-electron chi connectivity index (χ1n) is 8.33. The van der Waals surface area contributed by atoms with Gasteiger partial charge in [-0.3, -0.25) is 9.36 Å². The summed E-state index contributed by atoms with van der Waals surface area (Å²) in [5.41, 5.74) is 0.497. The van der Waals surface area contributed by atoms with E-state index in [2.05, 4.69) is 4.98 Å². The van der Waals surface area contributed by atoms with Gasteiger partial charge in [0.05, 0.1) is 18.2 Å². The van der Waals surface area contributed by atoms with Crippen molar-refractivity contribution in [2.75, 3.05) is 0 Å². The fourth-order valence-corrected chi connectivity index (χ4v) is 3.91. The molecule has 1 N–H and O–H groups in total. The Bertz CT molecular complexity index is 1180. The fraction of sp³-hybridized carbons (Fsp3) is 0.211. The van der Waals surface area contributed by atoms with Gasteiger partial charge < -0.3 is 13.9 Å². The number of thiophene rings is 1. The Labute approximate surface area is 157 Å². The van der Waals surface area contributed by atoms with Crippen LogP contribution in [0.15, 0.2) is 49.5 Å². The summed E-state index contributed by atoms with van der Waals surface area (Å²) >= 11 is 1.40. The molecule has 8 heteroatoms. The van der Waals surface area contributed by atoms with Crippen LogP contribution in [0.3, 0.4) is 0 Å². The molecule has 0 saturated carbocycles. The van der Waals surface area contributed by atoms with Crippen LogP contribution in [0.1, 0.15) is 41.9 Å². The van der Waals surface area contributed by atoms with Crippen LogP contribution >= 0.6 is 11.3 Å². The van der Waals surface area contributed by atoms with Crippen LogP contribution in [-0.4, -0.2) is 20.6 Å². The van der Waals surface area contributed by atoms with E-state index in [9.17, 15) is 9.59 Å². The highest BCUT2D eigenvalue weighted by Gasteiger charge is 2.21. The maximum absolute atomic E-state index is 13.3. The number of hydrogen-bond acceptors (Lipinski definition) is 6. The molecule has 0 radical (unpaired) electrons. The van der Waals surface area contributed by atoms with Gasteiger partial charge in [-0.25, -0.2) is 9.78 Å². The minimum atomic E-state index is -1.15. The molecule has 4 aromatic heterocycles. The molecule has 0 amide bonds. The molecule has 7 nitrogen and oxygen atoms in total. The zero-order chi connectivity index (χ0) is 19.1. The number of rotatable bonds is 5. The van der Waals surface area contributed by atoms with Gasteiger partial charge in [-0.1, -0.05) is 13.8 Å². The maximum Gasteiger partial charge on any atom is 0.371 e. The number of aromatic carboxylic acids is 1. The minimum absolute atomic E-state index is 0.00479. The lowest BCUT2D eigenvalue weighted by Crippen LogP contribution is -2.26. The highest BCUT2D eigenvalue weighted by Crippen LogP contribution is 2.32. The van der Waals surface area contributed by atoms with Gasteiger partial charge in [0, 0.05) is 16.9 Å². The lowest BCUT2D eigenvalue weighted by Gasteiger charge is -2.14. The average Bonchev–Trinajstić information content (AvgIpc) is 3.36. The van der Waals surface area contributed by atoms with Gasteiger partial charge in [-0.2, -0.15) is 0 Å². The Morgan fingerprint density at radius 2 is 2.15 bits per heavy atom. The van der Waals surface area contributed by atoms with Crippen molar-refractivity contribution < 1.29 is 18.7 Å².